The molecule has 0 amide bonds. The molecule has 0 aromatic carbocycles. The molecular weight excluding hydrogens is 408 g/mol. The SMILES string of the molecule is Cc1nnc(SCc2nc(C#N)c(C#N)nc2CSc2nnc(C)s2)s1. The van der Waals surface area contributed by atoms with Gasteiger partial charge in [0.05, 0.1) is 11.4 Å². The van der Waals surface area contributed by atoms with Crippen LogP contribution in [0, 0.1) is 36.5 Å². The lowest BCUT2D eigenvalue weighted by molar-refractivity contribution is 0.967. The van der Waals surface area contributed by atoms with E-state index in [1.807, 2.05) is 26.0 Å². The Balaban J connectivity index is 1.84. The summed E-state index contributed by atoms with van der Waals surface area (Å²) in [4.78, 5) is 8.69. The third kappa shape index (κ3) is 4.53. The van der Waals surface area contributed by atoms with E-state index in [4.69, 9.17) is 0 Å². The van der Waals surface area contributed by atoms with Crippen LogP contribution in [0.4, 0.5) is 0 Å². The molecular formula is C14H10N8S4. The van der Waals surface area contributed by atoms with E-state index in [0.717, 1.165) is 18.7 Å². The number of nitrogens with zero attached hydrogens (tertiary/aromatic N) is 8. The lowest BCUT2D eigenvalue weighted by Gasteiger charge is -2.07. The van der Waals surface area contributed by atoms with Gasteiger partial charge < -0.3 is 0 Å². The highest BCUT2D eigenvalue weighted by Gasteiger charge is 2.16. The highest BCUT2D eigenvalue weighted by atomic mass is 32.2. The number of aromatic nitrogens is 6. The Hall–Kier alpha value is -2.12. The van der Waals surface area contributed by atoms with Crippen LogP contribution < -0.4 is 0 Å². The molecule has 0 N–H and O–H groups in total. The van der Waals surface area contributed by atoms with Crippen LogP contribution in [0.3, 0.4) is 0 Å². The Morgan fingerprint density at radius 1 is 0.769 bits per heavy atom. The monoisotopic (exact) mass is 418 g/mol. The maximum Gasteiger partial charge on any atom is 0.177 e. The summed E-state index contributed by atoms with van der Waals surface area (Å²) in [5.74, 6) is 0.986. The highest BCUT2D eigenvalue weighted by Crippen LogP contribution is 2.30. The van der Waals surface area contributed by atoms with E-state index in [2.05, 4.69) is 30.4 Å². The minimum Gasteiger partial charge on any atom is -0.236 e. The van der Waals surface area contributed by atoms with E-state index in [-0.39, 0.29) is 11.4 Å². The van der Waals surface area contributed by atoms with Crippen molar-refractivity contribution in [2.24, 2.45) is 0 Å². The number of nitriles is 2. The van der Waals surface area contributed by atoms with E-state index in [0.29, 0.717) is 22.9 Å². The Kier molecular flexibility index (Phi) is 6.11. The molecule has 0 aliphatic carbocycles. The first-order chi connectivity index (χ1) is 12.6. The first-order valence-electron chi connectivity index (χ1n) is 7.15. The van der Waals surface area contributed by atoms with E-state index in [1.54, 1.807) is 0 Å². The number of hydrogen-bond donors (Lipinski definition) is 0. The van der Waals surface area contributed by atoms with Gasteiger partial charge in [-0.2, -0.15) is 10.5 Å². The van der Waals surface area contributed by atoms with Gasteiger partial charge in [0.1, 0.15) is 22.2 Å². The van der Waals surface area contributed by atoms with E-state index < -0.39 is 0 Å². The van der Waals surface area contributed by atoms with Crippen LogP contribution in [0.15, 0.2) is 8.68 Å². The second kappa shape index (κ2) is 8.51. The predicted molar refractivity (Wildman–Crippen MR) is 99.9 cm³/mol. The van der Waals surface area contributed by atoms with Gasteiger partial charge in [-0.05, 0) is 13.8 Å². The fourth-order valence-corrected chi connectivity index (χ4v) is 5.39. The lowest BCUT2D eigenvalue weighted by Crippen LogP contribution is -2.05. The topological polar surface area (TPSA) is 125 Å². The molecule has 3 rings (SSSR count). The van der Waals surface area contributed by atoms with Crippen molar-refractivity contribution in [1.29, 1.82) is 10.5 Å². The minimum atomic E-state index is 0.0389. The molecule has 3 aromatic heterocycles. The molecule has 0 radical (unpaired) electrons. The van der Waals surface area contributed by atoms with Gasteiger partial charge in [0.25, 0.3) is 0 Å². The summed E-state index contributed by atoms with van der Waals surface area (Å²) in [6.45, 7) is 3.78. The van der Waals surface area contributed by atoms with Crippen molar-refractivity contribution in [3.63, 3.8) is 0 Å². The Labute approximate surface area is 165 Å². The Bertz CT molecular complexity index is 932. The van der Waals surface area contributed by atoms with Gasteiger partial charge >= 0.3 is 0 Å². The van der Waals surface area contributed by atoms with E-state index >= 15 is 0 Å². The molecule has 3 heterocycles. The van der Waals surface area contributed by atoms with Gasteiger partial charge in [0.15, 0.2) is 20.1 Å². The molecule has 8 nitrogen and oxygen atoms in total. The van der Waals surface area contributed by atoms with Crippen molar-refractivity contribution in [3.8, 4) is 12.1 Å². The Morgan fingerprint density at radius 3 is 1.50 bits per heavy atom. The summed E-state index contributed by atoms with van der Waals surface area (Å²) < 4.78 is 1.65. The number of rotatable bonds is 6. The number of aryl methyl sites for hydroxylation is 2. The third-order valence-electron chi connectivity index (χ3n) is 2.94. The van der Waals surface area contributed by atoms with Gasteiger partial charge in [0, 0.05) is 11.5 Å². The van der Waals surface area contributed by atoms with Crippen molar-refractivity contribution < 1.29 is 0 Å². The molecule has 0 bridgehead atoms. The second-order valence-corrected chi connectivity index (χ2v) is 9.60. The molecule has 3 aromatic rings. The zero-order valence-electron chi connectivity index (χ0n) is 13.6. The van der Waals surface area contributed by atoms with Crippen LogP contribution in [-0.4, -0.2) is 30.4 Å². The average Bonchev–Trinajstić information content (AvgIpc) is 3.25. The highest BCUT2D eigenvalue weighted by molar-refractivity contribution is 8.00. The predicted octanol–water partition coefficient (Wildman–Crippen LogP) is 3.12. The smallest absolute Gasteiger partial charge is 0.177 e. The summed E-state index contributed by atoms with van der Waals surface area (Å²) in [6, 6.07) is 3.87. The number of thioether (sulfide) groups is 2. The van der Waals surface area contributed by atoms with Crippen molar-refractivity contribution in [2.75, 3.05) is 0 Å². The normalized spacial score (nSPS) is 10.5. The zero-order chi connectivity index (χ0) is 18.5. The summed E-state index contributed by atoms with van der Waals surface area (Å²) in [7, 11) is 0. The standard InChI is InChI=1S/C14H10N8S4/c1-7-19-21-13(25-7)23-5-11-12(6-24-14-22-20-8(2)26-14)18-10(4-16)9(3-15)17-11/h5-6H2,1-2H3. The fourth-order valence-electron chi connectivity index (χ4n) is 1.83. The largest absolute Gasteiger partial charge is 0.236 e. The van der Waals surface area contributed by atoms with Gasteiger partial charge in [-0.1, -0.05) is 46.2 Å². The van der Waals surface area contributed by atoms with Crippen LogP contribution in [0.2, 0.25) is 0 Å². The molecule has 0 unspecified atom stereocenters. The van der Waals surface area contributed by atoms with Crippen molar-refractivity contribution >= 4 is 46.2 Å². The van der Waals surface area contributed by atoms with Crippen molar-refractivity contribution in [3.05, 3.63) is 32.8 Å². The summed E-state index contributed by atoms with van der Waals surface area (Å²) in [6.07, 6.45) is 0. The van der Waals surface area contributed by atoms with Crippen LogP contribution in [0.1, 0.15) is 32.8 Å². The molecule has 0 saturated carbocycles. The maximum atomic E-state index is 9.21. The van der Waals surface area contributed by atoms with Crippen LogP contribution in [0.5, 0.6) is 0 Å². The maximum absolute atomic E-state index is 9.21. The van der Waals surface area contributed by atoms with Crippen LogP contribution in [0.25, 0.3) is 0 Å². The molecule has 0 fully saturated rings. The Morgan fingerprint density at radius 2 is 1.19 bits per heavy atom. The van der Waals surface area contributed by atoms with Crippen molar-refractivity contribution in [2.45, 2.75) is 34.0 Å². The average molecular weight is 419 g/mol. The van der Waals surface area contributed by atoms with Crippen LogP contribution in [-0.2, 0) is 11.5 Å². The van der Waals surface area contributed by atoms with Gasteiger partial charge in [-0.3, -0.25) is 0 Å². The molecule has 0 aliphatic heterocycles. The van der Waals surface area contributed by atoms with Gasteiger partial charge in [-0.25, -0.2) is 9.97 Å². The molecule has 0 atom stereocenters. The first kappa shape index (κ1) is 18.7. The first-order valence-corrected chi connectivity index (χ1v) is 10.7. The molecule has 0 spiro atoms. The quantitative estimate of drug-likeness (QED) is 0.551. The molecule has 12 heteroatoms. The van der Waals surface area contributed by atoms with Crippen LogP contribution >= 0.6 is 46.2 Å². The van der Waals surface area contributed by atoms with E-state index in [1.165, 1.54) is 46.2 Å². The summed E-state index contributed by atoms with van der Waals surface area (Å²) in [5.41, 5.74) is 1.40. The van der Waals surface area contributed by atoms with E-state index in [9.17, 15) is 10.5 Å². The molecule has 0 saturated heterocycles. The van der Waals surface area contributed by atoms with Gasteiger partial charge in [-0.15, -0.1) is 20.4 Å². The molecule has 0 aliphatic rings. The van der Waals surface area contributed by atoms with Gasteiger partial charge in [0.2, 0.25) is 0 Å². The zero-order valence-corrected chi connectivity index (χ0v) is 16.9. The summed E-state index contributed by atoms with van der Waals surface area (Å²) >= 11 is 5.96. The summed E-state index contributed by atoms with van der Waals surface area (Å²) in [5, 5.41) is 36.3. The lowest BCUT2D eigenvalue weighted by atomic mass is 10.3. The third-order valence-corrected chi connectivity index (χ3v) is 6.91. The molecule has 26 heavy (non-hydrogen) atoms. The minimum absolute atomic E-state index is 0.0389. The number of hydrogen-bond acceptors (Lipinski definition) is 12. The molecule has 130 valence electrons. The fraction of sp³-hybridized carbons (Fsp3) is 0.286. The second-order valence-electron chi connectivity index (χ2n) is 4.79. The van der Waals surface area contributed by atoms with Crippen molar-refractivity contribution in [1.82, 2.24) is 30.4 Å².